The number of carbonyl (C=O) groups is 1. The summed E-state index contributed by atoms with van der Waals surface area (Å²) in [6.45, 7) is 0. The van der Waals surface area contributed by atoms with Crippen LogP contribution in [0.3, 0.4) is 0 Å². The van der Waals surface area contributed by atoms with Gasteiger partial charge in [0.15, 0.2) is 0 Å². The van der Waals surface area contributed by atoms with Gasteiger partial charge in [0.25, 0.3) is 10.0 Å². The van der Waals surface area contributed by atoms with E-state index in [1.807, 2.05) is 12.1 Å². The van der Waals surface area contributed by atoms with Crippen molar-refractivity contribution < 1.29 is 23.1 Å². The molecule has 4 rings (SSSR count). The van der Waals surface area contributed by atoms with E-state index in [1.54, 1.807) is 31.4 Å². The maximum Gasteiger partial charge on any atom is 0.264 e. The Morgan fingerprint density at radius 3 is 2.64 bits per heavy atom. The SMILES string of the molecule is COc1cccc2c1CCC2C(=O)NS(=O)(=O)c1ccc2cc(O)ccc2c1. The third kappa shape index (κ3) is 3.18. The average Bonchev–Trinajstić information content (AvgIpc) is 3.11. The van der Waals surface area contributed by atoms with E-state index in [4.69, 9.17) is 4.74 Å². The summed E-state index contributed by atoms with van der Waals surface area (Å²) < 4.78 is 33.0. The quantitative estimate of drug-likeness (QED) is 0.706. The van der Waals surface area contributed by atoms with Gasteiger partial charge in [-0.25, -0.2) is 13.1 Å². The van der Waals surface area contributed by atoms with Gasteiger partial charge < -0.3 is 9.84 Å². The number of hydrogen-bond donors (Lipinski definition) is 2. The number of nitrogens with one attached hydrogen (secondary N) is 1. The van der Waals surface area contributed by atoms with Gasteiger partial charge in [-0.2, -0.15) is 0 Å². The Labute approximate surface area is 162 Å². The van der Waals surface area contributed by atoms with E-state index in [2.05, 4.69) is 4.72 Å². The van der Waals surface area contributed by atoms with Gasteiger partial charge in [-0.05, 0) is 65.1 Å². The first-order valence-corrected chi connectivity index (χ1v) is 10.3. The maximum absolute atomic E-state index is 12.7. The molecule has 7 heteroatoms. The van der Waals surface area contributed by atoms with Gasteiger partial charge in [-0.1, -0.05) is 24.3 Å². The first-order valence-electron chi connectivity index (χ1n) is 8.84. The minimum atomic E-state index is -4.01. The van der Waals surface area contributed by atoms with Gasteiger partial charge in [0.05, 0.1) is 17.9 Å². The number of methoxy groups -OCH3 is 1. The van der Waals surface area contributed by atoms with Crippen LogP contribution in [0.1, 0.15) is 23.5 Å². The Morgan fingerprint density at radius 1 is 1.11 bits per heavy atom. The highest BCUT2D eigenvalue weighted by Gasteiger charge is 2.32. The number of rotatable bonds is 4. The monoisotopic (exact) mass is 397 g/mol. The third-order valence-corrected chi connectivity index (χ3v) is 6.45. The van der Waals surface area contributed by atoms with Crippen molar-refractivity contribution in [2.75, 3.05) is 7.11 Å². The van der Waals surface area contributed by atoms with Crippen LogP contribution in [0.5, 0.6) is 11.5 Å². The Balaban J connectivity index is 1.61. The molecule has 1 aliphatic carbocycles. The van der Waals surface area contributed by atoms with Gasteiger partial charge in [0, 0.05) is 0 Å². The molecular formula is C21H19NO5S. The normalized spacial score (nSPS) is 16.0. The minimum absolute atomic E-state index is 0.00269. The van der Waals surface area contributed by atoms with Crippen molar-refractivity contribution >= 4 is 26.7 Å². The summed E-state index contributed by atoms with van der Waals surface area (Å²) in [7, 11) is -2.43. The molecule has 0 saturated heterocycles. The summed E-state index contributed by atoms with van der Waals surface area (Å²) in [5.74, 6) is -0.254. The van der Waals surface area contributed by atoms with Crippen molar-refractivity contribution in [2.24, 2.45) is 0 Å². The minimum Gasteiger partial charge on any atom is -0.508 e. The summed E-state index contributed by atoms with van der Waals surface area (Å²) in [6.07, 6.45) is 1.20. The Kier molecular flexibility index (Phi) is 4.47. The average molecular weight is 397 g/mol. The van der Waals surface area contributed by atoms with Crippen molar-refractivity contribution in [3.05, 3.63) is 65.7 Å². The van der Waals surface area contributed by atoms with Gasteiger partial charge in [0.1, 0.15) is 11.5 Å². The number of ether oxygens (including phenoxy) is 1. The van der Waals surface area contributed by atoms with Crippen LogP contribution in [0.2, 0.25) is 0 Å². The Morgan fingerprint density at radius 2 is 1.86 bits per heavy atom. The summed E-state index contributed by atoms with van der Waals surface area (Å²) >= 11 is 0. The van der Waals surface area contributed by atoms with Crippen LogP contribution in [0.25, 0.3) is 10.8 Å². The van der Waals surface area contributed by atoms with E-state index >= 15 is 0 Å². The molecular weight excluding hydrogens is 378 g/mol. The zero-order chi connectivity index (χ0) is 19.9. The molecule has 28 heavy (non-hydrogen) atoms. The van der Waals surface area contributed by atoms with Crippen LogP contribution in [-0.4, -0.2) is 26.5 Å². The fraction of sp³-hybridized carbons (Fsp3) is 0.190. The van der Waals surface area contributed by atoms with Crippen LogP contribution < -0.4 is 9.46 Å². The number of phenols is 1. The fourth-order valence-electron chi connectivity index (χ4n) is 3.73. The molecule has 1 atom stereocenters. The summed E-state index contributed by atoms with van der Waals surface area (Å²) in [5, 5.41) is 10.9. The second-order valence-corrected chi connectivity index (χ2v) is 8.46. The topological polar surface area (TPSA) is 92.7 Å². The first kappa shape index (κ1) is 18.3. The molecule has 3 aromatic carbocycles. The van der Waals surface area contributed by atoms with Crippen molar-refractivity contribution in [3.63, 3.8) is 0 Å². The lowest BCUT2D eigenvalue weighted by Crippen LogP contribution is -2.34. The van der Waals surface area contributed by atoms with E-state index < -0.39 is 21.8 Å². The highest BCUT2D eigenvalue weighted by atomic mass is 32.2. The Hall–Kier alpha value is -3.06. The van der Waals surface area contributed by atoms with Crippen molar-refractivity contribution in [3.8, 4) is 11.5 Å². The molecule has 144 valence electrons. The number of hydrogen-bond acceptors (Lipinski definition) is 5. The first-order chi connectivity index (χ1) is 13.4. The fourth-order valence-corrected chi connectivity index (χ4v) is 4.78. The molecule has 1 amide bonds. The molecule has 0 saturated carbocycles. The summed E-state index contributed by atoms with van der Waals surface area (Å²) in [6, 6.07) is 14.6. The number of carbonyl (C=O) groups excluding carboxylic acids is 1. The maximum atomic E-state index is 12.7. The van der Waals surface area contributed by atoms with Crippen LogP contribution in [0, 0.1) is 0 Å². The van der Waals surface area contributed by atoms with Gasteiger partial charge in [0.2, 0.25) is 5.91 Å². The predicted molar refractivity (Wildman–Crippen MR) is 105 cm³/mol. The highest BCUT2D eigenvalue weighted by Crippen LogP contribution is 2.38. The van der Waals surface area contributed by atoms with E-state index in [0.29, 0.717) is 29.4 Å². The molecule has 0 spiro atoms. The molecule has 0 fully saturated rings. The molecule has 3 aromatic rings. The van der Waals surface area contributed by atoms with Crippen molar-refractivity contribution in [1.82, 2.24) is 4.72 Å². The molecule has 0 radical (unpaired) electrons. The molecule has 1 aliphatic rings. The lowest BCUT2D eigenvalue weighted by atomic mass is 10.0. The molecule has 6 nitrogen and oxygen atoms in total. The van der Waals surface area contributed by atoms with Crippen molar-refractivity contribution in [2.45, 2.75) is 23.7 Å². The van der Waals surface area contributed by atoms with E-state index in [1.165, 1.54) is 18.2 Å². The molecule has 0 aliphatic heterocycles. The zero-order valence-corrected chi connectivity index (χ0v) is 16.0. The number of phenolic OH excluding ortho intramolecular Hbond substituents is 1. The van der Waals surface area contributed by atoms with Crippen LogP contribution >= 0.6 is 0 Å². The Bertz CT molecular complexity index is 1190. The molecule has 0 heterocycles. The summed E-state index contributed by atoms with van der Waals surface area (Å²) in [4.78, 5) is 12.7. The number of benzene rings is 3. The number of fused-ring (bicyclic) bond motifs is 2. The number of sulfonamides is 1. The van der Waals surface area contributed by atoms with E-state index in [9.17, 15) is 18.3 Å². The number of amides is 1. The predicted octanol–water partition coefficient (Wildman–Crippen LogP) is 3.09. The van der Waals surface area contributed by atoms with Gasteiger partial charge in [-0.15, -0.1) is 0 Å². The summed E-state index contributed by atoms with van der Waals surface area (Å²) in [5.41, 5.74) is 1.76. The molecule has 0 bridgehead atoms. The van der Waals surface area contributed by atoms with Crippen LogP contribution in [-0.2, 0) is 21.2 Å². The zero-order valence-electron chi connectivity index (χ0n) is 15.2. The van der Waals surface area contributed by atoms with E-state index in [0.717, 1.165) is 11.1 Å². The third-order valence-electron chi connectivity index (χ3n) is 5.10. The smallest absolute Gasteiger partial charge is 0.264 e. The second-order valence-electron chi connectivity index (χ2n) is 6.78. The van der Waals surface area contributed by atoms with Crippen molar-refractivity contribution in [1.29, 1.82) is 0 Å². The lowest BCUT2D eigenvalue weighted by molar-refractivity contribution is -0.120. The molecule has 2 N–H and O–H groups in total. The van der Waals surface area contributed by atoms with E-state index in [-0.39, 0.29) is 10.6 Å². The standard InChI is InChI=1S/C21H19NO5S/c1-27-20-4-2-3-17-18(20)9-10-19(17)21(24)22-28(25,26)16-8-6-13-11-15(23)7-5-14(13)12-16/h2-8,11-12,19,23H,9-10H2,1H3,(H,22,24). The number of aromatic hydroxyl groups is 1. The molecule has 0 aromatic heterocycles. The highest BCUT2D eigenvalue weighted by molar-refractivity contribution is 7.90. The van der Waals surface area contributed by atoms with Crippen LogP contribution in [0.4, 0.5) is 0 Å². The van der Waals surface area contributed by atoms with Gasteiger partial charge in [-0.3, -0.25) is 4.79 Å². The largest absolute Gasteiger partial charge is 0.508 e. The second kappa shape index (κ2) is 6.83. The molecule has 1 unspecified atom stereocenters. The lowest BCUT2D eigenvalue weighted by Gasteiger charge is -2.14. The van der Waals surface area contributed by atoms with Crippen LogP contribution in [0.15, 0.2) is 59.5 Å². The van der Waals surface area contributed by atoms with Gasteiger partial charge >= 0.3 is 0 Å².